The van der Waals surface area contributed by atoms with Gasteiger partial charge in [-0.2, -0.15) is 0 Å². The van der Waals surface area contributed by atoms with Crippen molar-refractivity contribution in [3.05, 3.63) is 18.2 Å². The molecule has 0 bridgehead atoms. The van der Waals surface area contributed by atoms with Crippen molar-refractivity contribution < 1.29 is 8.42 Å². The van der Waals surface area contributed by atoms with Gasteiger partial charge in [0.25, 0.3) is 0 Å². The van der Waals surface area contributed by atoms with E-state index < -0.39 is 10.0 Å². The molecule has 0 aliphatic heterocycles. The summed E-state index contributed by atoms with van der Waals surface area (Å²) in [6.07, 6.45) is 2.11. The van der Waals surface area contributed by atoms with Gasteiger partial charge in [0.05, 0.1) is 16.3 Å². The van der Waals surface area contributed by atoms with Gasteiger partial charge in [-0.15, -0.1) is 0 Å². The van der Waals surface area contributed by atoms with Crippen LogP contribution >= 0.6 is 0 Å². The lowest BCUT2D eigenvalue weighted by molar-refractivity contribution is 0.438. The third-order valence-electron chi connectivity index (χ3n) is 3.49. The molecule has 6 heteroatoms. The second-order valence-electron chi connectivity index (χ2n) is 4.80. The van der Waals surface area contributed by atoms with Crippen LogP contribution in [0.1, 0.15) is 33.6 Å². The molecule has 1 aromatic rings. The molecule has 1 atom stereocenters. The molecular formula is C13H23N3O2S. The Morgan fingerprint density at radius 2 is 1.84 bits per heavy atom. The number of hydrogen-bond donors (Lipinski definition) is 3. The molecule has 0 saturated carbocycles. The molecule has 0 heterocycles. The maximum Gasteiger partial charge on any atom is 0.238 e. The number of anilines is 2. The third kappa shape index (κ3) is 4.11. The number of sulfonamides is 1. The molecule has 108 valence electrons. The van der Waals surface area contributed by atoms with Gasteiger partial charge in [-0.1, -0.05) is 26.7 Å². The van der Waals surface area contributed by atoms with Gasteiger partial charge in [0, 0.05) is 6.04 Å². The van der Waals surface area contributed by atoms with Crippen molar-refractivity contribution in [1.82, 2.24) is 0 Å². The highest BCUT2D eigenvalue weighted by atomic mass is 32.2. The summed E-state index contributed by atoms with van der Waals surface area (Å²) in [5.74, 6) is 0.512. The number of benzene rings is 1. The first-order chi connectivity index (χ1) is 8.79. The number of nitrogen functional groups attached to an aromatic ring is 1. The number of hydrogen-bond acceptors (Lipinski definition) is 4. The van der Waals surface area contributed by atoms with E-state index in [9.17, 15) is 8.42 Å². The molecule has 0 amide bonds. The van der Waals surface area contributed by atoms with Crippen molar-refractivity contribution in [3.63, 3.8) is 0 Å². The molecule has 5 nitrogen and oxygen atoms in total. The van der Waals surface area contributed by atoms with E-state index in [1.54, 1.807) is 6.07 Å². The van der Waals surface area contributed by atoms with E-state index in [0.717, 1.165) is 12.8 Å². The van der Waals surface area contributed by atoms with E-state index in [0.29, 0.717) is 17.3 Å². The van der Waals surface area contributed by atoms with Crippen molar-refractivity contribution >= 4 is 21.4 Å². The van der Waals surface area contributed by atoms with Gasteiger partial charge in [0.15, 0.2) is 0 Å². The Labute approximate surface area is 115 Å². The minimum absolute atomic E-state index is 0.0703. The van der Waals surface area contributed by atoms with Crippen molar-refractivity contribution in [2.24, 2.45) is 11.1 Å². The lowest BCUT2D eigenvalue weighted by Crippen LogP contribution is -2.25. The van der Waals surface area contributed by atoms with E-state index >= 15 is 0 Å². The van der Waals surface area contributed by atoms with Gasteiger partial charge in [0.1, 0.15) is 0 Å². The molecule has 5 N–H and O–H groups in total. The van der Waals surface area contributed by atoms with Crippen LogP contribution in [0.15, 0.2) is 23.1 Å². The Hall–Kier alpha value is -1.27. The number of nitrogens with one attached hydrogen (secondary N) is 1. The number of primary sulfonamides is 1. The zero-order valence-electron chi connectivity index (χ0n) is 11.7. The molecule has 19 heavy (non-hydrogen) atoms. The standard InChI is InChI=1S/C13H23N3O2S/c1-4-10(5-2)9(3)16-13-8-11(19(15,17)18)6-7-12(13)14/h6-10,16H,4-5,14H2,1-3H3,(H2,15,17,18). The molecule has 0 aromatic heterocycles. The zero-order chi connectivity index (χ0) is 14.6. The van der Waals surface area contributed by atoms with E-state index in [1.165, 1.54) is 12.1 Å². The molecule has 0 fully saturated rings. The number of nitrogens with two attached hydrogens (primary N) is 2. The van der Waals surface area contributed by atoms with E-state index in [-0.39, 0.29) is 10.9 Å². The SMILES string of the molecule is CCC(CC)C(C)Nc1cc(S(N)(=O)=O)ccc1N. The number of rotatable bonds is 6. The van der Waals surface area contributed by atoms with Crippen molar-refractivity contribution in [1.29, 1.82) is 0 Å². The zero-order valence-corrected chi connectivity index (χ0v) is 12.5. The summed E-state index contributed by atoms with van der Waals surface area (Å²) in [6, 6.07) is 4.68. The molecular weight excluding hydrogens is 262 g/mol. The van der Waals surface area contributed by atoms with Crippen LogP contribution in [0.2, 0.25) is 0 Å². The van der Waals surface area contributed by atoms with Crippen LogP contribution in [0.3, 0.4) is 0 Å². The van der Waals surface area contributed by atoms with Crippen LogP contribution in [0, 0.1) is 5.92 Å². The second kappa shape index (κ2) is 6.25. The highest BCUT2D eigenvalue weighted by molar-refractivity contribution is 7.89. The predicted molar refractivity (Wildman–Crippen MR) is 79.4 cm³/mol. The first kappa shape index (κ1) is 15.8. The summed E-state index contributed by atoms with van der Waals surface area (Å²) in [4.78, 5) is 0.0703. The average molecular weight is 285 g/mol. The van der Waals surface area contributed by atoms with E-state index in [2.05, 4.69) is 26.1 Å². The molecule has 1 rings (SSSR count). The summed E-state index contributed by atoms with van der Waals surface area (Å²) in [7, 11) is -3.70. The highest BCUT2D eigenvalue weighted by Gasteiger charge is 2.16. The van der Waals surface area contributed by atoms with Crippen molar-refractivity contribution in [3.8, 4) is 0 Å². The first-order valence-electron chi connectivity index (χ1n) is 6.48. The molecule has 0 aliphatic carbocycles. The van der Waals surface area contributed by atoms with Gasteiger partial charge < -0.3 is 11.1 Å². The Bertz CT molecular complexity index is 525. The quantitative estimate of drug-likeness (QED) is 0.697. The summed E-state index contributed by atoms with van der Waals surface area (Å²) in [6.45, 7) is 6.34. The van der Waals surface area contributed by atoms with Gasteiger partial charge >= 0.3 is 0 Å². The summed E-state index contributed by atoms with van der Waals surface area (Å²) >= 11 is 0. The summed E-state index contributed by atoms with van der Waals surface area (Å²) in [5, 5.41) is 8.40. The van der Waals surface area contributed by atoms with Crippen LogP contribution in [-0.4, -0.2) is 14.5 Å². The second-order valence-corrected chi connectivity index (χ2v) is 6.37. The topological polar surface area (TPSA) is 98.2 Å². The van der Waals surface area contributed by atoms with E-state index in [4.69, 9.17) is 10.9 Å². The molecule has 0 spiro atoms. The molecule has 1 aromatic carbocycles. The Morgan fingerprint density at radius 1 is 1.26 bits per heavy atom. The largest absolute Gasteiger partial charge is 0.397 e. The molecule has 0 aliphatic rings. The summed E-state index contributed by atoms with van der Waals surface area (Å²) < 4.78 is 22.7. The van der Waals surface area contributed by atoms with Gasteiger partial charge in [-0.25, -0.2) is 13.6 Å². The van der Waals surface area contributed by atoms with Crippen LogP contribution < -0.4 is 16.2 Å². The Morgan fingerprint density at radius 3 is 2.32 bits per heavy atom. The Balaban J connectivity index is 3.01. The molecule has 1 unspecified atom stereocenters. The van der Waals surface area contributed by atoms with Crippen molar-refractivity contribution in [2.75, 3.05) is 11.1 Å². The predicted octanol–water partition coefficient (Wildman–Crippen LogP) is 2.15. The molecule has 0 saturated heterocycles. The fourth-order valence-electron chi connectivity index (χ4n) is 2.20. The fraction of sp³-hybridized carbons (Fsp3) is 0.538. The highest BCUT2D eigenvalue weighted by Crippen LogP contribution is 2.25. The van der Waals surface area contributed by atoms with Crippen LogP contribution in [0.25, 0.3) is 0 Å². The average Bonchev–Trinajstić information content (AvgIpc) is 2.32. The van der Waals surface area contributed by atoms with E-state index in [1.807, 2.05) is 0 Å². The third-order valence-corrected chi connectivity index (χ3v) is 4.40. The maximum absolute atomic E-state index is 11.3. The minimum atomic E-state index is -3.70. The van der Waals surface area contributed by atoms with Gasteiger partial charge in [-0.05, 0) is 31.0 Å². The lowest BCUT2D eigenvalue weighted by Gasteiger charge is -2.24. The normalized spacial score (nSPS) is 13.5. The minimum Gasteiger partial charge on any atom is -0.397 e. The monoisotopic (exact) mass is 285 g/mol. The van der Waals surface area contributed by atoms with Crippen LogP contribution in [-0.2, 0) is 10.0 Å². The molecule has 0 radical (unpaired) electrons. The first-order valence-corrected chi connectivity index (χ1v) is 8.03. The smallest absolute Gasteiger partial charge is 0.238 e. The fourth-order valence-corrected chi connectivity index (χ4v) is 2.74. The van der Waals surface area contributed by atoms with Crippen molar-refractivity contribution in [2.45, 2.75) is 44.6 Å². The van der Waals surface area contributed by atoms with Crippen LogP contribution in [0.4, 0.5) is 11.4 Å². The summed E-state index contributed by atoms with van der Waals surface area (Å²) in [5.41, 5.74) is 7.00. The van der Waals surface area contributed by atoms with Crippen LogP contribution in [0.5, 0.6) is 0 Å². The maximum atomic E-state index is 11.3. The lowest BCUT2D eigenvalue weighted by atomic mass is 9.95. The Kier molecular flexibility index (Phi) is 5.20. The van der Waals surface area contributed by atoms with Gasteiger partial charge in [-0.3, -0.25) is 0 Å². The van der Waals surface area contributed by atoms with Gasteiger partial charge in [0.2, 0.25) is 10.0 Å².